The van der Waals surface area contributed by atoms with Gasteiger partial charge in [0.25, 0.3) is 0 Å². The van der Waals surface area contributed by atoms with E-state index in [2.05, 4.69) is 15.9 Å². The Kier molecular flexibility index (Phi) is 3.59. The average Bonchev–Trinajstić information content (AvgIpc) is 2.28. The predicted molar refractivity (Wildman–Crippen MR) is 70.4 cm³/mol. The van der Waals surface area contributed by atoms with Crippen LogP contribution >= 0.6 is 15.9 Å². The molecule has 0 saturated carbocycles. The van der Waals surface area contributed by atoms with Gasteiger partial charge in [-0.25, -0.2) is 4.79 Å². The third kappa shape index (κ3) is 2.92. The Bertz CT molecular complexity index is 634. The van der Waals surface area contributed by atoms with Crippen molar-refractivity contribution in [3.8, 4) is 11.3 Å². The lowest BCUT2D eigenvalue weighted by Crippen LogP contribution is -2.01. The summed E-state index contributed by atoms with van der Waals surface area (Å²) in [5, 5.41) is 0. The van der Waals surface area contributed by atoms with Crippen LogP contribution < -0.4 is 5.63 Å². The summed E-state index contributed by atoms with van der Waals surface area (Å²) in [6.45, 7) is 0. The van der Waals surface area contributed by atoms with Crippen LogP contribution in [-0.4, -0.2) is 10.5 Å². The lowest BCUT2D eigenvalue weighted by atomic mass is 10.2. The number of halogens is 1. The predicted octanol–water partition coefficient (Wildman–Crippen LogP) is 2.81. The maximum absolute atomic E-state index is 11.4. The van der Waals surface area contributed by atoms with Gasteiger partial charge in [-0.05, 0) is 18.2 Å². The Morgan fingerprint density at radius 1 is 1.24 bits per heavy atom. The molecule has 0 amide bonds. The molecule has 1 unspecified atom stereocenters. The molecule has 5 heteroatoms. The van der Waals surface area contributed by atoms with Gasteiger partial charge in [0.05, 0.1) is 10.8 Å². The molecule has 1 atom stereocenters. The molecule has 1 aromatic heterocycles. The van der Waals surface area contributed by atoms with Crippen molar-refractivity contribution in [3.05, 3.63) is 51.3 Å². The SMILES string of the molecule is CS(=O)c1cc(-c2cccc(Br)c2)oc(=O)c1. The highest BCUT2D eigenvalue weighted by atomic mass is 79.9. The molecule has 0 bridgehead atoms. The van der Waals surface area contributed by atoms with Gasteiger partial charge in [-0.2, -0.15) is 0 Å². The van der Waals surface area contributed by atoms with Gasteiger partial charge < -0.3 is 4.42 Å². The summed E-state index contributed by atoms with van der Waals surface area (Å²) in [7, 11) is -1.20. The number of rotatable bonds is 2. The van der Waals surface area contributed by atoms with E-state index in [1.54, 1.807) is 6.07 Å². The van der Waals surface area contributed by atoms with E-state index in [-0.39, 0.29) is 0 Å². The molecule has 1 heterocycles. The van der Waals surface area contributed by atoms with Crippen molar-refractivity contribution >= 4 is 26.7 Å². The highest BCUT2D eigenvalue weighted by Gasteiger charge is 2.07. The van der Waals surface area contributed by atoms with Crippen LogP contribution in [0.15, 0.2) is 55.0 Å². The minimum atomic E-state index is -1.20. The maximum Gasteiger partial charge on any atom is 0.337 e. The quantitative estimate of drug-likeness (QED) is 0.856. The summed E-state index contributed by atoms with van der Waals surface area (Å²) in [4.78, 5) is 11.8. The molecule has 0 saturated heterocycles. The number of benzene rings is 1. The fraction of sp³-hybridized carbons (Fsp3) is 0.0833. The average molecular weight is 313 g/mol. The molecule has 0 aliphatic heterocycles. The number of hydrogen-bond acceptors (Lipinski definition) is 3. The summed E-state index contributed by atoms with van der Waals surface area (Å²) < 4.78 is 17.4. The Hall–Kier alpha value is -1.20. The fourth-order valence-electron chi connectivity index (χ4n) is 1.40. The number of hydrogen-bond donors (Lipinski definition) is 0. The van der Waals surface area contributed by atoms with Crippen LogP contribution in [0.3, 0.4) is 0 Å². The minimum Gasteiger partial charge on any atom is -0.423 e. The lowest BCUT2D eigenvalue weighted by molar-refractivity contribution is 0.520. The Balaban J connectivity index is 2.60. The first kappa shape index (κ1) is 12.3. The summed E-state index contributed by atoms with van der Waals surface area (Å²) >= 11 is 3.35. The van der Waals surface area contributed by atoms with Crippen LogP contribution in [0.1, 0.15) is 0 Å². The second-order valence-electron chi connectivity index (χ2n) is 3.44. The molecule has 0 spiro atoms. The third-order valence-electron chi connectivity index (χ3n) is 2.19. The van der Waals surface area contributed by atoms with Gasteiger partial charge in [-0.15, -0.1) is 0 Å². The van der Waals surface area contributed by atoms with E-state index in [4.69, 9.17) is 4.42 Å². The van der Waals surface area contributed by atoms with Crippen molar-refractivity contribution in [1.82, 2.24) is 0 Å². The normalized spacial score (nSPS) is 12.4. The van der Waals surface area contributed by atoms with E-state index in [9.17, 15) is 9.00 Å². The van der Waals surface area contributed by atoms with E-state index in [0.717, 1.165) is 10.0 Å². The zero-order valence-corrected chi connectivity index (χ0v) is 11.4. The van der Waals surface area contributed by atoms with Crippen molar-refractivity contribution in [3.63, 3.8) is 0 Å². The molecule has 0 radical (unpaired) electrons. The van der Waals surface area contributed by atoms with Gasteiger partial charge in [0.15, 0.2) is 0 Å². The highest BCUT2D eigenvalue weighted by molar-refractivity contribution is 9.10. The first-order chi connectivity index (χ1) is 8.06. The van der Waals surface area contributed by atoms with Gasteiger partial charge in [0.1, 0.15) is 5.76 Å². The van der Waals surface area contributed by atoms with Gasteiger partial charge in [-0.3, -0.25) is 4.21 Å². The van der Waals surface area contributed by atoms with E-state index in [0.29, 0.717) is 10.7 Å². The monoisotopic (exact) mass is 312 g/mol. The largest absolute Gasteiger partial charge is 0.423 e. The summed E-state index contributed by atoms with van der Waals surface area (Å²) in [5.74, 6) is 0.420. The van der Waals surface area contributed by atoms with Gasteiger partial charge in [0, 0.05) is 27.3 Å². The summed E-state index contributed by atoms with van der Waals surface area (Å²) in [5.41, 5.74) is 0.274. The topological polar surface area (TPSA) is 47.3 Å². The molecular formula is C12H9BrO3S. The van der Waals surface area contributed by atoms with Crippen LogP contribution in [0.25, 0.3) is 11.3 Å². The molecule has 0 aliphatic carbocycles. The highest BCUT2D eigenvalue weighted by Crippen LogP contribution is 2.23. The zero-order valence-electron chi connectivity index (χ0n) is 8.98. The third-order valence-corrected chi connectivity index (χ3v) is 3.58. The van der Waals surface area contributed by atoms with E-state index >= 15 is 0 Å². The first-order valence-corrected chi connectivity index (χ1v) is 7.16. The molecule has 17 heavy (non-hydrogen) atoms. The molecule has 1 aromatic carbocycles. The molecule has 0 fully saturated rings. The van der Waals surface area contributed by atoms with Crippen molar-refractivity contribution < 1.29 is 8.63 Å². The Labute approximate surface area is 109 Å². The first-order valence-electron chi connectivity index (χ1n) is 4.81. The molecule has 88 valence electrons. The summed E-state index contributed by atoms with van der Waals surface area (Å²) in [6.07, 6.45) is 1.53. The molecule has 2 aromatic rings. The van der Waals surface area contributed by atoms with E-state index in [1.807, 2.05) is 24.3 Å². The van der Waals surface area contributed by atoms with Crippen LogP contribution in [0.2, 0.25) is 0 Å². The molecule has 3 nitrogen and oxygen atoms in total. The van der Waals surface area contributed by atoms with E-state index < -0.39 is 16.4 Å². The second-order valence-corrected chi connectivity index (χ2v) is 5.74. The van der Waals surface area contributed by atoms with Crippen LogP contribution in [0.4, 0.5) is 0 Å². The Morgan fingerprint density at radius 3 is 2.65 bits per heavy atom. The second kappa shape index (κ2) is 4.98. The van der Waals surface area contributed by atoms with Crippen molar-refractivity contribution in [1.29, 1.82) is 0 Å². The van der Waals surface area contributed by atoms with Crippen molar-refractivity contribution in [2.45, 2.75) is 4.90 Å². The molecule has 2 rings (SSSR count). The fourth-order valence-corrected chi connectivity index (χ4v) is 2.34. The van der Waals surface area contributed by atoms with E-state index in [1.165, 1.54) is 12.3 Å². The standard InChI is InChI=1S/C12H9BrO3S/c1-17(15)10-6-11(16-12(14)7-10)8-3-2-4-9(13)5-8/h2-7H,1H3. The molecular weight excluding hydrogens is 304 g/mol. The Morgan fingerprint density at radius 2 is 2.00 bits per heavy atom. The lowest BCUT2D eigenvalue weighted by Gasteiger charge is -2.02. The minimum absolute atomic E-state index is 0.420. The van der Waals surface area contributed by atoms with Gasteiger partial charge >= 0.3 is 5.63 Å². The smallest absolute Gasteiger partial charge is 0.337 e. The van der Waals surface area contributed by atoms with Gasteiger partial charge in [0.2, 0.25) is 0 Å². The zero-order chi connectivity index (χ0) is 12.4. The molecule has 0 N–H and O–H groups in total. The van der Waals surface area contributed by atoms with Crippen molar-refractivity contribution in [2.75, 3.05) is 6.26 Å². The maximum atomic E-state index is 11.4. The van der Waals surface area contributed by atoms with Crippen LogP contribution in [0, 0.1) is 0 Å². The van der Waals surface area contributed by atoms with Crippen LogP contribution in [-0.2, 0) is 10.8 Å². The molecule has 0 aliphatic rings. The summed E-state index contributed by atoms with van der Waals surface area (Å²) in [6, 6.07) is 10.3. The van der Waals surface area contributed by atoms with Crippen molar-refractivity contribution in [2.24, 2.45) is 0 Å². The van der Waals surface area contributed by atoms with Gasteiger partial charge in [-0.1, -0.05) is 28.1 Å². The van der Waals surface area contributed by atoms with Crippen LogP contribution in [0.5, 0.6) is 0 Å².